The summed E-state index contributed by atoms with van der Waals surface area (Å²) in [6.45, 7) is 1.44. The van der Waals surface area contributed by atoms with Crippen molar-refractivity contribution in [2.24, 2.45) is 0 Å². The molecular weight excluding hydrogens is 264 g/mol. The molecule has 0 radical (unpaired) electrons. The van der Waals surface area contributed by atoms with E-state index in [1.165, 1.54) is 0 Å². The number of aromatic nitrogens is 1. The number of nitrogens with zero attached hydrogens (tertiary/aromatic N) is 1. The van der Waals surface area contributed by atoms with E-state index >= 15 is 0 Å². The second kappa shape index (κ2) is 7.72. The minimum absolute atomic E-state index is 0.283. The number of carbonyl (C=O) groups excluding carboxylic acids is 2. The van der Waals surface area contributed by atoms with Gasteiger partial charge in [0.05, 0.1) is 6.54 Å². The Balaban J connectivity index is 2.25. The van der Waals surface area contributed by atoms with Gasteiger partial charge in [0.1, 0.15) is 6.54 Å². The van der Waals surface area contributed by atoms with E-state index in [1.54, 1.807) is 18.5 Å². The van der Waals surface area contributed by atoms with E-state index in [0.717, 1.165) is 11.1 Å². The molecule has 0 fully saturated rings. The zero-order valence-electron chi connectivity index (χ0n) is 11.0. The Labute approximate surface area is 115 Å². The molecule has 1 aromatic rings. The third kappa shape index (κ3) is 5.80. The van der Waals surface area contributed by atoms with Gasteiger partial charge < -0.3 is 21.1 Å². The van der Waals surface area contributed by atoms with Gasteiger partial charge in [0.25, 0.3) is 0 Å². The van der Waals surface area contributed by atoms with E-state index in [0.29, 0.717) is 6.54 Å². The molecule has 1 heterocycles. The molecule has 8 nitrogen and oxygen atoms in total. The van der Waals surface area contributed by atoms with E-state index in [2.05, 4.69) is 20.9 Å². The summed E-state index contributed by atoms with van der Waals surface area (Å²) in [5.41, 5.74) is 1.87. The van der Waals surface area contributed by atoms with Gasteiger partial charge in [-0.25, -0.2) is 4.79 Å². The summed E-state index contributed by atoms with van der Waals surface area (Å²) in [5, 5.41) is 15.4. The van der Waals surface area contributed by atoms with E-state index in [-0.39, 0.29) is 6.54 Å². The second-order valence-electron chi connectivity index (χ2n) is 4.01. The van der Waals surface area contributed by atoms with Gasteiger partial charge in [-0.1, -0.05) is 0 Å². The lowest BCUT2D eigenvalue weighted by atomic mass is 10.1. The average Bonchev–Trinajstić information content (AvgIpc) is 2.42. The van der Waals surface area contributed by atoms with Gasteiger partial charge in [0, 0.05) is 18.9 Å². The number of hydrogen-bond donors (Lipinski definition) is 4. The highest BCUT2D eigenvalue weighted by molar-refractivity contribution is 5.86. The molecule has 0 aliphatic carbocycles. The Kier molecular flexibility index (Phi) is 5.95. The van der Waals surface area contributed by atoms with Gasteiger partial charge >= 0.3 is 12.0 Å². The Morgan fingerprint density at radius 1 is 1.20 bits per heavy atom. The fraction of sp³-hybridized carbons (Fsp3) is 0.333. The van der Waals surface area contributed by atoms with E-state index < -0.39 is 24.5 Å². The largest absolute Gasteiger partial charge is 0.480 e. The van der Waals surface area contributed by atoms with Crippen LogP contribution in [0.25, 0.3) is 0 Å². The van der Waals surface area contributed by atoms with Crippen LogP contribution >= 0.6 is 0 Å². The minimum atomic E-state index is -1.14. The lowest BCUT2D eigenvalue weighted by Gasteiger charge is -2.09. The summed E-state index contributed by atoms with van der Waals surface area (Å²) in [5.74, 6) is -1.71. The van der Waals surface area contributed by atoms with Crippen LogP contribution in [-0.2, 0) is 16.1 Å². The van der Waals surface area contributed by atoms with Crippen LogP contribution in [0.3, 0.4) is 0 Å². The van der Waals surface area contributed by atoms with Gasteiger partial charge in [0.15, 0.2) is 0 Å². The van der Waals surface area contributed by atoms with Crippen molar-refractivity contribution in [3.8, 4) is 0 Å². The van der Waals surface area contributed by atoms with Crippen LogP contribution in [0.5, 0.6) is 0 Å². The summed E-state index contributed by atoms with van der Waals surface area (Å²) in [6, 6.07) is 1.28. The smallest absolute Gasteiger partial charge is 0.322 e. The molecule has 0 aromatic carbocycles. The number of carboxylic acid groups (broad SMARTS) is 1. The Morgan fingerprint density at radius 3 is 2.60 bits per heavy atom. The van der Waals surface area contributed by atoms with Gasteiger partial charge in [-0.2, -0.15) is 0 Å². The molecule has 0 atom stereocenters. The first kappa shape index (κ1) is 15.4. The lowest BCUT2D eigenvalue weighted by Crippen LogP contribution is -2.42. The first-order valence-electron chi connectivity index (χ1n) is 5.88. The number of urea groups is 1. The summed E-state index contributed by atoms with van der Waals surface area (Å²) in [7, 11) is 0. The van der Waals surface area contributed by atoms with Crippen LogP contribution in [-0.4, -0.2) is 41.1 Å². The third-order valence-electron chi connectivity index (χ3n) is 2.42. The summed E-state index contributed by atoms with van der Waals surface area (Å²) in [4.78, 5) is 36.7. The molecule has 3 amide bonds. The number of aliphatic carboxylic acids is 1. The number of hydrogen-bond acceptors (Lipinski definition) is 4. The van der Waals surface area contributed by atoms with Crippen molar-refractivity contribution in [2.45, 2.75) is 13.5 Å². The van der Waals surface area contributed by atoms with Crippen LogP contribution in [0.2, 0.25) is 0 Å². The maximum atomic E-state index is 11.4. The molecule has 20 heavy (non-hydrogen) atoms. The molecule has 0 aliphatic heterocycles. The summed E-state index contributed by atoms with van der Waals surface area (Å²) >= 11 is 0. The van der Waals surface area contributed by atoms with E-state index in [9.17, 15) is 14.4 Å². The average molecular weight is 280 g/mol. The van der Waals surface area contributed by atoms with Crippen LogP contribution in [0.4, 0.5) is 4.79 Å². The third-order valence-corrected chi connectivity index (χ3v) is 2.42. The zero-order valence-corrected chi connectivity index (χ0v) is 11.0. The van der Waals surface area contributed by atoms with Crippen molar-refractivity contribution in [3.63, 3.8) is 0 Å². The maximum Gasteiger partial charge on any atom is 0.322 e. The second-order valence-corrected chi connectivity index (χ2v) is 4.01. The Bertz CT molecular complexity index is 504. The van der Waals surface area contributed by atoms with Crippen molar-refractivity contribution >= 4 is 17.9 Å². The molecule has 108 valence electrons. The van der Waals surface area contributed by atoms with Crippen molar-refractivity contribution in [1.82, 2.24) is 20.9 Å². The zero-order chi connectivity index (χ0) is 15.0. The predicted molar refractivity (Wildman–Crippen MR) is 69.9 cm³/mol. The number of amides is 3. The fourth-order valence-corrected chi connectivity index (χ4v) is 1.34. The monoisotopic (exact) mass is 280 g/mol. The van der Waals surface area contributed by atoms with Crippen LogP contribution in [0, 0.1) is 6.92 Å². The van der Waals surface area contributed by atoms with Crippen LogP contribution in [0.15, 0.2) is 18.5 Å². The number of aryl methyl sites for hydroxylation is 1. The van der Waals surface area contributed by atoms with Crippen molar-refractivity contribution in [2.75, 3.05) is 13.1 Å². The standard InChI is InChI=1S/C12H16N4O4/c1-8-4-13-3-2-9(8)5-15-12(20)16-6-10(17)14-7-11(18)19/h2-4H,5-7H2,1H3,(H,14,17)(H,18,19)(H2,15,16,20). The van der Waals surface area contributed by atoms with Gasteiger partial charge in [-0.15, -0.1) is 0 Å². The van der Waals surface area contributed by atoms with Crippen LogP contribution < -0.4 is 16.0 Å². The van der Waals surface area contributed by atoms with Gasteiger partial charge in [0.2, 0.25) is 5.91 Å². The van der Waals surface area contributed by atoms with Crippen LogP contribution in [0.1, 0.15) is 11.1 Å². The predicted octanol–water partition coefficient (Wildman–Crippen LogP) is -0.610. The summed E-state index contributed by atoms with van der Waals surface area (Å²) < 4.78 is 0. The molecule has 0 spiro atoms. The quantitative estimate of drug-likeness (QED) is 0.554. The first-order valence-corrected chi connectivity index (χ1v) is 5.88. The fourth-order valence-electron chi connectivity index (χ4n) is 1.34. The molecule has 8 heteroatoms. The number of pyridine rings is 1. The SMILES string of the molecule is Cc1cnccc1CNC(=O)NCC(=O)NCC(=O)O. The molecule has 0 unspecified atom stereocenters. The van der Waals surface area contributed by atoms with Gasteiger partial charge in [-0.3, -0.25) is 14.6 Å². The molecule has 1 rings (SSSR count). The number of carboxylic acids is 1. The first-order chi connectivity index (χ1) is 9.49. The number of nitrogens with one attached hydrogen (secondary N) is 3. The molecule has 0 aliphatic rings. The highest BCUT2D eigenvalue weighted by Crippen LogP contribution is 2.03. The van der Waals surface area contributed by atoms with E-state index in [1.807, 2.05) is 6.92 Å². The maximum absolute atomic E-state index is 11.4. The summed E-state index contributed by atoms with van der Waals surface area (Å²) in [6.07, 6.45) is 3.32. The molecule has 1 aromatic heterocycles. The topological polar surface area (TPSA) is 120 Å². The minimum Gasteiger partial charge on any atom is -0.480 e. The normalized spacial score (nSPS) is 9.65. The highest BCUT2D eigenvalue weighted by atomic mass is 16.4. The van der Waals surface area contributed by atoms with Crippen molar-refractivity contribution < 1.29 is 19.5 Å². The molecular formula is C12H16N4O4. The molecule has 0 saturated heterocycles. The molecule has 4 N–H and O–H groups in total. The molecule has 0 bridgehead atoms. The highest BCUT2D eigenvalue weighted by Gasteiger charge is 2.06. The van der Waals surface area contributed by atoms with Crippen molar-refractivity contribution in [1.29, 1.82) is 0 Å². The Morgan fingerprint density at radius 2 is 1.95 bits per heavy atom. The van der Waals surface area contributed by atoms with E-state index in [4.69, 9.17) is 5.11 Å². The van der Waals surface area contributed by atoms with Gasteiger partial charge in [-0.05, 0) is 24.1 Å². The number of rotatable bonds is 6. The lowest BCUT2D eigenvalue weighted by molar-refractivity contribution is -0.137. The van der Waals surface area contributed by atoms with Crippen molar-refractivity contribution in [3.05, 3.63) is 29.6 Å². The molecule has 0 saturated carbocycles. The Hall–Kier alpha value is -2.64. The number of carbonyl (C=O) groups is 3.